The molecule has 2 amide bonds. The second-order valence-electron chi connectivity index (χ2n) is 11.6. The molecular weight excluding hydrogens is 623 g/mol. The van der Waals surface area contributed by atoms with Gasteiger partial charge in [-0.05, 0) is 61.3 Å². The van der Waals surface area contributed by atoms with Gasteiger partial charge in [0.05, 0.1) is 24.5 Å². The Balaban J connectivity index is 1.22. The third-order valence-electron chi connectivity index (χ3n) is 8.71. The summed E-state index contributed by atoms with van der Waals surface area (Å²) in [7, 11) is 0. The Morgan fingerprint density at radius 1 is 1.11 bits per heavy atom. The van der Waals surface area contributed by atoms with E-state index in [4.69, 9.17) is 9.72 Å². The second kappa shape index (κ2) is 11.6. The van der Waals surface area contributed by atoms with Gasteiger partial charge in [-0.1, -0.05) is 6.08 Å². The van der Waals surface area contributed by atoms with Crippen LogP contribution in [0.1, 0.15) is 36.0 Å². The van der Waals surface area contributed by atoms with Crippen LogP contribution in [-0.4, -0.2) is 92.3 Å². The third kappa shape index (κ3) is 5.54. The van der Waals surface area contributed by atoms with Gasteiger partial charge in [0, 0.05) is 38.1 Å². The van der Waals surface area contributed by atoms with Gasteiger partial charge in [0.15, 0.2) is 5.82 Å². The first-order valence-electron chi connectivity index (χ1n) is 15.1. The van der Waals surface area contributed by atoms with Gasteiger partial charge in [0.2, 0.25) is 11.7 Å². The minimum Gasteiger partial charge on any atom is -0.377 e. The SMILES string of the molecule is O=C(Nc1ccc(C(F)(F)F)cc1)[C@@H]1CCc2c(N3CCN(C(=O)C4(O)C=CC=NN4)CC3)c(=O)n3nc(C4=CCOCC4)nc3n21. The summed E-state index contributed by atoms with van der Waals surface area (Å²) < 4.78 is 47.5. The van der Waals surface area contributed by atoms with Crippen LogP contribution in [0, 0.1) is 0 Å². The number of benzene rings is 1. The molecule has 0 bridgehead atoms. The van der Waals surface area contributed by atoms with Gasteiger partial charge in [0.25, 0.3) is 17.2 Å². The predicted octanol–water partition coefficient (Wildman–Crippen LogP) is 1.32. The molecule has 1 saturated heterocycles. The summed E-state index contributed by atoms with van der Waals surface area (Å²) in [6.45, 7) is 1.76. The molecule has 2 atom stereocenters. The molecule has 2 aromatic heterocycles. The van der Waals surface area contributed by atoms with Crippen molar-refractivity contribution in [2.24, 2.45) is 5.10 Å². The van der Waals surface area contributed by atoms with Crippen molar-refractivity contribution >= 4 is 40.8 Å². The number of amides is 2. The predicted molar refractivity (Wildman–Crippen MR) is 163 cm³/mol. The van der Waals surface area contributed by atoms with Crippen molar-refractivity contribution in [3.8, 4) is 0 Å². The van der Waals surface area contributed by atoms with Gasteiger partial charge >= 0.3 is 6.18 Å². The van der Waals surface area contributed by atoms with Crippen LogP contribution < -0.4 is 21.2 Å². The van der Waals surface area contributed by atoms with Crippen molar-refractivity contribution < 1.29 is 32.6 Å². The Morgan fingerprint density at radius 2 is 1.87 bits per heavy atom. The molecule has 7 rings (SSSR count). The molecule has 0 radical (unpaired) electrons. The van der Waals surface area contributed by atoms with Crippen LogP contribution in [0.2, 0.25) is 0 Å². The number of alkyl halides is 3. The molecule has 4 aliphatic rings. The summed E-state index contributed by atoms with van der Waals surface area (Å²) in [5.41, 5.74) is 1.09. The van der Waals surface area contributed by atoms with E-state index >= 15 is 0 Å². The molecule has 17 heteroatoms. The lowest BCUT2D eigenvalue weighted by Gasteiger charge is -2.39. The summed E-state index contributed by atoms with van der Waals surface area (Å²) >= 11 is 0. The van der Waals surface area contributed by atoms with E-state index in [0.717, 1.165) is 17.7 Å². The zero-order chi connectivity index (χ0) is 32.9. The number of allylic oxidation sites excluding steroid dienone is 1. The zero-order valence-corrected chi connectivity index (χ0v) is 24.9. The lowest BCUT2D eigenvalue weighted by molar-refractivity contribution is -0.149. The number of aliphatic hydroxyl groups is 1. The highest BCUT2D eigenvalue weighted by molar-refractivity contribution is 5.94. The number of nitrogens with zero attached hydrogens (tertiary/aromatic N) is 7. The van der Waals surface area contributed by atoms with Crippen molar-refractivity contribution in [1.82, 2.24) is 29.5 Å². The largest absolute Gasteiger partial charge is 0.416 e. The number of piperazine rings is 1. The minimum absolute atomic E-state index is 0.174. The van der Waals surface area contributed by atoms with Crippen LogP contribution in [0.25, 0.3) is 11.4 Å². The van der Waals surface area contributed by atoms with E-state index in [-0.39, 0.29) is 37.6 Å². The van der Waals surface area contributed by atoms with Crippen molar-refractivity contribution in [2.75, 3.05) is 49.6 Å². The van der Waals surface area contributed by atoms with E-state index in [1.807, 2.05) is 11.0 Å². The Hall–Kier alpha value is -5.03. The molecule has 47 heavy (non-hydrogen) atoms. The lowest BCUT2D eigenvalue weighted by atomic mass is 10.1. The highest BCUT2D eigenvalue weighted by atomic mass is 19.4. The molecule has 1 unspecified atom stereocenters. The van der Waals surface area contributed by atoms with Crippen molar-refractivity contribution in [1.29, 1.82) is 0 Å². The number of carbonyl (C=O) groups is 2. The molecule has 0 spiro atoms. The number of rotatable bonds is 5. The highest BCUT2D eigenvalue weighted by Crippen LogP contribution is 2.35. The van der Waals surface area contributed by atoms with Crippen LogP contribution >= 0.6 is 0 Å². The highest BCUT2D eigenvalue weighted by Gasteiger charge is 2.41. The standard InChI is InChI=1S/C30H30F3N9O5/c31-30(32,33)19-2-4-20(5-3-19)35-25(43)22-7-6-21-23(39-12-14-40(15-13-39)27(45)29(46)10-1-11-34-38-29)26(44)42-28(41(21)22)36-24(37-42)18-8-16-47-17-9-18/h1-5,8,10-11,22,38,46H,6-7,9,12-17H2,(H,35,43)/t22-,29?/m0/s1. The Morgan fingerprint density at radius 3 is 2.53 bits per heavy atom. The summed E-state index contributed by atoms with van der Waals surface area (Å²) in [5, 5.41) is 21.7. The maximum absolute atomic E-state index is 14.1. The van der Waals surface area contributed by atoms with Gasteiger partial charge in [0.1, 0.15) is 11.7 Å². The molecule has 6 heterocycles. The Labute approximate surface area is 264 Å². The van der Waals surface area contributed by atoms with Crippen LogP contribution in [0.3, 0.4) is 0 Å². The maximum atomic E-state index is 14.1. The summed E-state index contributed by atoms with van der Waals surface area (Å²) in [6.07, 6.45) is 2.72. The van der Waals surface area contributed by atoms with Gasteiger partial charge in [-0.25, -0.2) is 0 Å². The minimum atomic E-state index is -4.51. The molecule has 4 aliphatic heterocycles. The normalized spacial score (nSPS) is 22.6. The zero-order valence-electron chi connectivity index (χ0n) is 24.9. The topological polar surface area (TPSA) is 159 Å². The van der Waals surface area contributed by atoms with E-state index in [9.17, 15) is 32.7 Å². The van der Waals surface area contributed by atoms with Crippen LogP contribution in [0.4, 0.5) is 24.5 Å². The number of hydrogen-bond acceptors (Lipinski definition) is 10. The Kier molecular flexibility index (Phi) is 7.59. The number of fused-ring (bicyclic) bond motifs is 3. The van der Waals surface area contributed by atoms with Gasteiger partial charge in [-0.3, -0.25) is 24.4 Å². The first kappa shape index (κ1) is 30.6. The summed E-state index contributed by atoms with van der Waals surface area (Å²) in [4.78, 5) is 48.9. The Bertz CT molecular complexity index is 1890. The number of halogens is 3. The van der Waals surface area contributed by atoms with Gasteiger partial charge in [-0.2, -0.15) is 27.8 Å². The molecule has 14 nitrogen and oxygen atoms in total. The van der Waals surface area contributed by atoms with Gasteiger partial charge < -0.3 is 25.0 Å². The number of hydrogen-bond donors (Lipinski definition) is 3. The fraction of sp³-hybridized carbons (Fsp3) is 0.400. The molecule has 1 fully saturated rings. The monoisotopic (exact) mass is 653 g/mol. The number of anilines is 2. The summed E-state index contributed by atoms with van der Waals surface area (Å²) in [6, 6.07) is 3.34. The number of nitrogens with one attached hydrogen (secondary N) is 2. The van der Waals surface area contributed by atoms with Gasteiger partial charge in [-0.15, -0.1) is 5.10 Å². The van der Waals surface area contributed by atoms with Crippen LogP contribution in [0.15, 0.2) is 52.4 Å². The smallest absolute Gasteiger partial charge is 0.377 e. The molecule has 0 saturated carbocycles. The number of aromatic nitrogens is 4. The molecule has 246 valence electrons. The fourth-order valence-corrected chi connectivity index (χ4v) is 6.32. The lowest BCUT2D eigenvalue weighted by Crippen LogP contribution is -2.60. The van der Waals surface area contributed by atoms with E-state index in [0.29, 0.717) is 49.7 Å². The molecule has 1 aromatic carbocycles. The average molecular weight is 654 g/mol. The molecule has 0 aliphatic carbocycles. The molecular formula is C30H30F3N9O5. The van der Waals surface area contributed by atoms with E-state index in [2.05, 4.69) is 20.9 Å². The maximum Gasteiger partial charge on any atom is 0.416 e. The van der Waals surface area contributed by atoms with Crippen LogP contribution in [-0.2, 0) is 26.9 Å². The second-order valence-corrected chi connectivity index (χ2v) is 11.6. The first-order chi connectivity index (χ1) is 22.5. The summed E-state index contributed by atoms with van der Waals surface area (Å²) in [5.74, 6) is -0.541. The third-order valence-corrected chi connectivity index (χ3v) is 8.71. The van der Waals surface area contributed by atoms with Crippen LogP contribution in [0.5, 0.6) is 0 Å². The van der Waals surface area contributed by atoms with E-state index in [1.165, 1.54) is 39.9 Å². The van der Waals surface area contributed by atoms with E-state index < -0.39 is 40.9 Å². The van der Waals surface area contributed by atoms with Crippen molar-refractivity contribution in [3.63, 3.8) is 0 Å². The first-order valence-corrected chi connectivity index (χ1v) is 15.1. The van der Waals surface area contributed by atoms with Crippen molar-refractivity contribution in [3.05, 3.63) is 69.9 Å². The number of hydrazone groups is 1. The fourth-order valence-electron chi connectivity index (χ4n) is 6.32. The quantitative estimate of drug-likeness (QED) is 0.369. The van der Waals surface area contributed by atoms with Crippen molar-refractivity contribution in [2.45, 2.75) is 37.2 Å². The number of ether oxygens (including phenoxy) is 1. The van der Waals surface area contributed by atoms with E-state index in [1.54, 1.807) is 4.57 Å². The average Bonchev–Trinajstić information content (AvgIpc) is 3.71. The molecule has 3 aromatic rings. The number of carbonyl (C=O) groups excluding carboxylic acids is 2. The molecule has 3 N–H and O–H groups in total.